The first-order chi connectivity index (χ1) is 8.15. The van der Waals surface area contributed by atoms with Crippen molar-refractivity contribution >= 4 is 6.08 Å². The summed E-state index contributed by atoms with van der Waals surface area (Å²) < 4.78 is 5.03. The normalized spacial score (nSPS) is 8.94. The van der Waals surface area contributed by atoms with Crippen molar-refractivity contribution in [2.75, 3.05) is 7.11 Å². The van der Waals surface area contributed by atoms with Gasteiger partial charge in [0, 0.05) is 5.56 Å². The predicted molar refractivity (Wildman–Crippen MR) is 63.2 cm³/mol. The zero-order valence-corrected chi connectivity index (χ0v) is 9.69. The van der Waals surface area contributed by atoms with E-state index in [1.54, 1.807) is 24.3 Å². The number of benzene rings is 1. The number of allylic oxidation sites excluding steroid dienone is 1. The molecule has 0 atom stereocenters. The number of hydrogen-bond donors (Lipinski definition) is 1. The monoisotopic (exact) mass is 228 g/mol. The van der Waals surface area contributed by atoms with Crippen LogP contribution in [0.4, 0.5) is 0 Å². The van der Waals surface area contributed by atoms with Crippen molar-refractivity contribution in [1.29, 1.82) is 10.5 Å². The Hall–Kier alpha value is -2.46. The van der Waals surface area contributed by atoms with Gasteiger partial charge in [-0.2, -0.15) is 10.5 Å². The Bertz CT molecular complexity index is 518. The maximum atomic E-state index is 9.86. The van der Waals surface area contributed by atoms with E-state index in [9.17, 15) is 5.11 Å². The van der Waals surface area contributed by atoms with Crippen molar-refractivity contribution in [1.82, 2.24) is 0 Å². The molecule has 0 aromatic heterocycles. The zero-order chi connectivity index (χ0) is 12.8. The minimum Gasteiger partial charge on any atom is -0.504 e. The topological polar surface area (TPSA) is 77.0 Å². The molecule has 4 nitrogen and oxygen atoms in total. The summed E-state index contributed by atoms with van der Waals surface area (Å²) in [7, 11) is 1.46. The largest absolute Gasteiger partial charge is 0.504 e. The summed E-state index contributed by atoms with van der Waals surface area (Å²) in [5, 5.41) is 27.2. The van der Waals surface area contributed by atoms with Gasteiger partial charge in [-0.15, -0.1) is 0 Å². The van der Waals surface area contributed by atoms with Gasteiger partial charge in [0.2, 0.25) is 0 Å². The van der Waals surface area contributed by atoms with Crippen molar-refractivity contribution in [3.8, 4) is 23.6 Å². The number of nitrogens with zero attached hydrogens (tertiary/aromatic N) is 2. The highest BCUT2D eigenvalue weighted by atomic mass is 16.5. The summed E-state index contributed by atoms with van der Waals surface area (Å²) in [6.45, 7) is 1.97. The smallest absolute Gasteiger partial charge is 0.165 e. The van der Waals surface area contributed by atoms with E-state index in [1.807, 2.05) is 6.92 Å². The van der Waals surface area contributed by atoms with E-state index >= 15 is 0 Å². The highest BCUT2D eigenvalue weighted by Gasteiger charge is 2.09. The molecule has 0 aliphatic heterocycles. The molecule has 0 heterocycles. The molecule has 0 aliphatic rings. The Labute approximate surface area is 100.0 Å². The van der Waals surface area contributed by atoms with Gasteiger partial charge in [0.05, 0.1) is 7.11 Å². The lowest BCUT2D eigenvalue weighted by Crippen LogP contribution is -1.90. The first-order valence-corrected chi connectivity index (χ1v) is 5.08. The van der Waals surface area contributed by atoms with Crippen molar-refractivity contribution < 1.29 is 9.84 Å². The Balaban J connectivity index is 3.39. The second-order valence-electron chi connectivity index (χ2n) is 3.37. The quantitative estimate of drug-likeness (QED) is 0.806. The van der Waals surface area contributed by atoms with Crippen LogP contribution in [-0.4, -0.2) is 12.2 Å². The lowest BCUT2D eigenvalue weighted by molar-refractivity contribution is 0.372. The summed E-state index contributed by atoms with van der Waals surface area (Å²) >= 11 is 0. The number of hydrogen-bond acceptors (Lipinski definition) is 4. The summed E-state index contributed by atoms with van der Waals surface area (Å²) in [5.41, 5.74) is 1.32. The fourth-order valence-electron chi connectivity index (χ4n) is 1.40. The second kappa shape index (κ2) is 5.58. The maximum absolute atomic E-state index is 9.86. The van der Waals surface area contributed by atoms with Crippen LogP contribution in [-0.2, 0) is 6.42 Å². The predicted octanol–water partition coefficient (Wildman–Crippen LogP) is 2.39. The van der Waals surface area contributed by atoms with Crippen LogP contribution < -0.4 is 4.74 Å². The van der Waals surface area contributed by atoms with Gasteiger partial charge in [-0.3, -0.25) is 0 Å². The first kappa shape index (κ1) is 12.6. The van der Waals surface area contributed by atoms with E-state index < -0.39 is 0 Å². The molecule has 1 aromatic carbocycles. The van der Waals surface area contributed by atoms with E-state index in [4.69, 9.17) is 15.3 Å². The van der Waals surface area contributed by atoms with E-state index in [2.05, 4.69) is 0 Å². The van der Waals surface area contributed by atoms with Gasteiger partial charge in [0.25, 0.3) is 0 Å². The molecule has 0 radical (unpaired) electrons. The van der Waals surface area contributed by atoms with Crippen molar-refractivity contribution in [3.05, 3.63) is 28.8 Å². The summed E-state index contributed by atoms with van der Waals surface area (Å²) in [6.07, 6.45) is 2.11. The van der Waals surface area contributed by atoms with E-state index in [0.29, 0.717) is 11.3 Å². The van der Waals surface area contributed by atoms with Crippen LogP contribution in [0.1, 0.15) is 18.1 Å². The van der Waals surface area contributed by atoms with Crippen LogP contribution in [0, 0.1) is 22.7 Å². The van der Waals surface area contributed by atoms with Gasteiger partial charge in [0.15, 0.2) is 11.5 Å². The lowest BCUT2D eigenvalue weighted by Gasteiger charge is -2.08. The number of phenolic OH excluding ortho intramolecular Hbond substituents is 1. The Kier molecular flexibility index (Phi) is 4.14. The standard InChI is InChI=1S/C13H12N2O2/c1-3-9-4-11(5-10(7-14)8-15)13(16)12(6-9)17-2/h4-6,16H,3H2,1-2H3. The van der Waals surface area contributed by atoms with Gasteiger partial charge in [-0.1, -0.05) is 6.92 Å². The third kappa shape index (κ3) is 2.76. The number of ether oxygens (including phenoxy) is 1. The fraction of sp³-hybridized carbons (Fsp3) is 0.231. The molecule has 0 unspecified atom stereocenters. The molecule has 0 amide bonds. The van der Waals surface area contributed by atoms with Crippen LogP contribution in [0.2, 0.25) is 0 Å². The number of aryl methyl sites for hydroxylation is 1. The van der Waals surface area contributed by atoms with E-state index in [1.165, 1.54) is 13.2 Å². The maximum Gasteiger partial charge on any atom is 0.165 e. The molecular weight excluding hydrogens is 216 g/mol. The molecule has 17 heavy (non-hydrogen) atoms. The van der Waals surface area contributed by atoms with Gasteiger partial charge in [0.1, 0.15) is 17.7 Å². The van der Waals surface area contributed by atoms with Crippen LogP contribution in [0.5, 0.6) is 11.5 Å². The van der Waals surface area contributed by atoms with Crippen molar-refractivity contribution in [2.24, 2.45) is 0 Å². The van der Waals surface area contributed by atoms with Crippen molar-refractivity contribution in [2.45, 2.75) is 13.3 Å². The molecule has 1 aromatic rings. The number of phenols is 1. The van der Waals surface area contributed by atoms with Crippen molar-refractivity contribution in [3.63, 3.8) is 0 Å². The molecule has 0 saturated carbocycles. The average Bonchev–Trinajstić information content (AvgIpc) is 2.37. The van der Waals surface area contributed by atoms with Crippen LogP contribution in [0.3, 0.4) is 0 Å². The van der Waals surface area contributed by atoms with Gasteiger partial charge in [-0.25, -0.2) is 0 Å². The second-order valence-corrected chi connectivity index (χ2v) is 3.37. The Morgan fingerprint density at radius 1 is 1.41 bits per heavy atom. The van der Waals surface area contributed by atoms with Gasteiger partial charge < -0.3 is 9.84 Å². The molecule has 1 N–H and O–H groups in total. The molecule has 1 rings (SSSR count). The summed E-state index contributed by atoms with van der Waals surface area (Å²) in [5.74, 6) is 0.276. The first-order valence-electron chi connectivity index (χ1n) is 5.08. The van der Waals surface area contributed by atoms with Crippen LogP contribution in [0.15, 0.2) is 17.7 Å². The summed E-state index contributed by atoms with van der Waals surface area (Å²) in [6, 6.07) is 6.96. The molecular formula is C13H12N2O2. The SMILES string of the molecule is CCc1cc(C=C(C#N)C#N)c(O)c(OC)c1. The minimum atomic E-state index is -0.0623. The Morgan fingerprint density at radius 3 is 2.53 bits per heavy atom. The molecule has 0 spiro atoms. The lowest BCUT2D eigenvalue weighted by atomic mass is 10.0. The molecule has 0 aliphatic carbocycles. The summed E-state index contributed by atoms with van der Waals surface area (Å²) in [4.78, 5) is 0. The Morgan fingerprint density at radius 2 is 2.06 bits per heavy atom. The minimum absolute atomic E-state index is 0.0596. The number of methoxy groups -OCH3 is 1. The molecule has 86 valence electrons. The van der Waals surface area contributed by atoms with Gasteiger partial charge in [-0.05, 0) is 30.2 Å². The third-order valence-corrected chi connectivity index (χ3v) is 2.33. The van der Waals surface area contributed by atoms with Crippen LogP contribution in [0.25, 0.3) is 6.08 Å². The number of aromatic hydroxyl groups is 1. The molecule has 0 bridgehead atoms. The van der Waals surface area contributed by atoms with Gasteiger partial charge >= 0.3 is 0 Å². The third-order valence-electron chi connectivity index (χ3n) is 2.33. The average molecular weight is 228 g/mol. The molecule has 0 fully saturated rings. The highest BCUT2D eigenvalue weighted by molar-refractivity contribution is 5.69. The highest BCUT2D eigenvalue weighted by Crippen LogP contribution is 2.33. The van der Waals surface area contributed by atoms with Crippen LogP contribution >= 0.6 is 0 Å². The van der Waals surface area contributed by atoms with E-state index in [-0.39, 0.29) is 11.3 Å². The number of nitriles is 2. The molecule has 4 heteroatoms. The molecule has 0 saturated heterocycles. The zero-order valence-electron chi connectivity index (χ0n) is 9.69. The van der Waals surface area contributed by atoms with E-state index in [0.717, 1.165) is 12.0 Å². The fourth-order valence-corrected chi connectivity index (χ4v) is 1.40. The number of rotatable bonds is 3.